The Morgan fingerprint density at radius 2 is 1.59 bits per heavy atom. The molecule has 148 valence electrons. The highest BCUT2D eigenvalue weighted by atomic mass is 32.1. The van der Waals surface area contributed by atoms with Gasteiger partial charge in [0.2, 0.25) is 0 Å². The third-order valence-corrected chi connectivity index (χ3v) is 6.92. The molecule has 2 heteroatoms. The molecule has 0 unspecified atom stereocenters. The molecule has 4 rings (SSSR count). The lowest BCUT2D eigenvalue weighted by atomic mass is 9.67. The van der Waals surface area contributed by atoms with Crippen LogP contribution in [0.3, 0.4) is 0 Å². The van der Waals surface area contributed by atoms with E-state index in [0.29, 0.717) is 0 Å². The molecular formula is C27H29NS. The van der Waals surface area contributed by atoms with Crippen LogP contribution in [0.25, 0.3) is 5.57 Å². The van der Waals surface area contributed by atoms with Gasteiger partial charge in [0, 0.05) is 28.8 Å². The van der Waals surface area contributed by atoms with Crippen molar-refractivity contribution < 1.29 is 0 Å². The third kappa shape index (κ3) is 3.74. The van der Waals surface area contributed by atoms with E-state index in [2.05, 4.69) is 94.7 Å². The number of aromatic nitrogens is 1. The Kier molecular flexibility index (Phi) is 4.86. The lowest BCUT2D eigenvalue weighted by molar-refractivity contribution is 0.562. The molecule has 1 nitrogen and oxygen atoms in total. The van der Waals surface area contributed by atoms with Gasteiger partial charge in [-0.05, 0) is 51.9 Å². The molecule has 0 aliphatic heterocycles. The summed E-state index contributed by atoms with van der Waals surface area (Å²) in [5.41, 5.74) is 9.03. The molecule has 0 saturated heterocycles. The van der Waals surface area contributed by atoms with Gasteiger partial charge in [0.25, 0.3) is 0 Å². The van der Waals surface area contributed by atoms with Gasteiger partial charge in [0.05, 0.1) is 5.01 Å². The molecule has 1 aliphatic rings. The maximum atomic E-state index is 4.47. The first-order valence-electron chi connectivity index (χ1n) is 10.2. The molecular weight excluding hydrogens is 370 g/mol. The standard InChI is InChI=1S/C27H29NS/c1-18-15-23-24(27(5,6)12-11-26(23,3)4)17-22(18)19(2)21-9-7-20(8-10-21)16-25-28-13-14-29-25/h7-15,17H,2,16H2,1,3-6H3. The Labute approximate surface area is 178 Å². The monoisotopic (exact) mass is 399 g/mol. The SMILES string of the molecule is C=C(c1ccc(Cc2nccs2)cc1)c1cc2c(cc1C)C(C)(C)C=CC2(C)C. The van der Waals surface area contributed by atoms with E-state index < -0.39 is 0 Å². The van der Waals surface area contributed by atoms with Crippen LogP contribution in [-0.2, 0) is 17.3 Å². The van der Waals surface area contributed by atoms with Gasteiger partial charge in [-0.3, -0.25) is 0 Å². The summed E-state index contributed by atoms with van der Waals surface area (Å²) in [6, 6.07) is 13.5. The maximum absolute atomic E-state index is 4.47. The summed E-state index contributed by atoms with van der Waals surface area (Å²) in [6.07, 6.45) is 7.46. The van der Waals surface area contributed by atoms with Crippen molar-refractivity contribution in [1.29, 1.82) is 0 Å². The largest absolute Gasteiger partial charge is 0.249 e. The quantitative estimate of drug-likeness (QED) is 0.422. The molecule has 2 aromatic carbocycles. The molecule has 1 aromatic heterocycles. The first kappa shape index (κ1) is 19.8. The van der Waals surface area contributed by atoms with Crippen LogP contribution in [0.15, 0.2) is 66.7 Å². The van der Waals surface area contributed by atoms with Gasteiger partial charge in [0.15, 0.2) is 0 Å². The predicted octanol–water partition coefficient (Wildman–Crippen LogP) is 7.23. The van der Waals surface area contributed by atoms with Gasteiger partial charge in [0.1, 0.15) is 0 Å². The Balaban J connectivity index is 1.68. The summed E-state index contributed by atoms with van der Waals surface area (Å²) >= 11 is 1.71. The van der Waals surface area contributed by atoms with Gasteiger partial charge in [-0.15, -0.1) is 11.3 Å². The van der Waals surface area contributed by atoms with Crippen LogP contribution in [0.2, 0.25) is 0 Å². The van der Waals surface area contributed by atoms with E-state index in [9.17, 15) is 0 Å². The van der Waals surface area contributed by atoms with Crippen LogP contribution >= 0.6 is 11.3 Å². The van der Waals surface area contributed by atoms with Crippen molar-refractivity contribution in [2.75, 3.05) is 0 Å². The van der Waals surface area contributed by atoms with E-state index in [-0.39, 0.29) is 10.8 Å². The Morgan fingerprint density at radius 3 is 2.17 bits per heavy atom. The van der Waals surface area contributed by atoms with Crippen molar-refractivity contribution in [2.45, 2.75) is 51.9 Å². The molecule has 0 saturated carbocycles. The fourth-order valence-electron chi connectivity index (χ4n) is 4.19. The molecule has 0 N–H and O–H groups in total. The Hall–Kier alpha value is -2.45. The number of rotatable bonds is 4. The lowest BCUT2D eigenvalue weighted by Crippen LogP contribution is -2.29. The second-order valence-electron chi connectivity index (χ2n) is 9.27. The maximum Gasteiger partial charge on any atom is 0.0968 e. The van der Waals surface area contributed by atoms with Crippen LogP contribution < -0.4 is 0 Å². The Bertz CT molecular complexity index is 1080. The minimum Gasteiger partial charge on any atom is -0.249 e. The number of benzene rings is 2. The first-order valence-corrected chi connectivity index (χ1v) is 11.1. The van der Waals surface area contributed by atoms with E-state index in [4.69, 9.17) is 0 Å². The fraction of sp³-hybridized carbons (Fsp3) is 0.296. The molecule has 29 heavy (non-hydrogen) atoms. The molecule has 0 atom stereocenters. The van der Waals surface area contributed by atoms with Crippen LogP contribution in [-0.4, -0.2) is 4.98 Å². The molecule has 1 aliphatic carbocycles. The summed E-state index contributed by atoms with van der Waals surface area (Å²) in [4.78, 5) is 4.39. The van der Waals surface area contributed by atoms with Crippen molar-refractivity contribution in [3.63, 3.8) is 0 Å². The number of aryl methyl sites for hydroxylation is 1. The summed E-state index contributed by atoms with van der Waals surface area (Å²) in [5, 5.41) is 3.18. The van der Waals surface area contributed by atoms with Gasteiger partial charge in [-0.2, -0.15) is 0 Å². The zero-order valence-electron chi connectivity index (χ0n) is 18.0. The van der Waals surface area contributed by atoms with E-state index in [1.807, 2.05) is 11.6 Å². The molecule has 0 bridgehead atoms. The van der Waals surface area contributed by atoms with Gasteiger partial charge >= 0.3 is 0 Å². The third-order valence-electron chi connectivity index (χ3n) is 6.14. The van der Waals surface area contributed by atoms with Crippen molar-refractivity contribution in [2.24, 2.45) is 0 Å². The molecule has 0 radical (unpaired) electrons. The number of hydrogen-bond acceptors (Lipinski definition) is 2. The highest BCUT2D eigenvalue weighted by Gasteiger charge is 2.33. The number of fused-ring (bicyclic) bond motifs is 1. The molecule has 0 fully saturated rings. The molecule has 0 spiro atoms. The van der Waals surface area contributed by atoms with Crippen LogP contribution in [0, 0.1) is 6.92 Å². The van der Waals surface area contributed by atoms with E-state index in [1.165, 1.54) is 33.4 Å². The second kappa shape index (κ2) is 7.11. The number of nitrogens with zero attached hydrogens (tertiary/aromatic N) is 1. The zero-order valence-corrected chi connectivity index (χ0v) is 18.9. The second-order valence-corrected chi connectivity index (χ2v) is 10.2. The normalized spacial score (nSPS) is 16.4. The molecule has 1 heterocycles. The van der Waals surface area contributed by atoms with Crippen molar-refractivity contribution in [3.05, 3.63) is 105 Å². The topological polar surface area (TPSA) is 12.9 Å². The highest BCUT2D eigenvalue weighted by Crippen LogP contribution is 2.43. The van der Waals surface area contributed by atoms with Crippen molar-refractivity contribution in [3.8, 4) is 0 Å². The van der Waals surface area contributed by atoms with Crippen molar-refractivity contribution in [1.82, 2.24) is 4.98 Å². The van der Waals surface area contributed by atoms with E-state index in [1.54, 1.807) is 11.3 Å². The van der Waals surface area contributed by atoms with Gasteiger partial charge < -0.3 is 0 Å². The fourth-order valence-corrected chi connectivity index (χ4v) is 4.84. The lowest BCUT2D eigenvalue weighted by Gasteiger charge is -2.37. The first-order chi connectivity index (χ1) is 13.7. The average molecular weight is 400 g/mol. The van der Waals surface area contributed by atoms with Gasteiger partial charge in [-0.25, -0.2) is 4.98 Å². The predicted molar refractivity (Wildman–Crippen MR) is 126 cm³/mol. The minimum absolute atomic E-state index is 0.0329. The van der Waals surface area contributed by atoms with E-state index in [0.717, 1.165) is 17.0 Å². The Morgan fingerprint density at radius 1 is 0.966 bits per heavy atom. The molecule has 3 aromatic rings. The van der Waals surface area contributed by atoms with E-state index >= 15 is 0 Å². The number of thiazole rings is 1. The number of hydrogen-bond donors (Lipinski definition) is 0. The van der Waals surface area contributed by atoms with Crippen LogP contribution in [0.4, 0.5) is 0 Å². The molecule has 0 amide bonds. The average Bonchev–Trinajstić information content (AvgIpc) is 3.18. The smallest absolute Gasteiger partial charge is 0.0968 e. The zero-order chi connectivity index (χ0) is 20.8. The number of allylic oxidation sites excluding steroid dienone is 2. The summed E-state index contributed by atoms with van der Waals surface area (Å²) in [6.45, 7) is 15.9. The van der Waals surface area contributed by atoms with Crippen LogP contribution in [0.5, 0.6) is 0 Å². The summed E-state index contributed by atoms with van der Waals surface area (Å²) < 4.78 is 0. The minimum atomic E-state index is 0.0329. The van der Waals surface area contributed by atoms with Crippen molar-refractivity contribution >= 4 is 16.9 Å². The highest BCUT2D eigenvalue weighted by molar-refractivity contribution is 7.09. The summed E-state index contributed by atoms with van der Waals surface area (Å²) in [5.74, 6) is 0. The van der Waals surface area contributed by atoms with Gasteiger partial charge in [-0.1, -0.05) is 76.8 Å². The van der Waals surface area contributed by atoms with Crippen LogP contribution in [0.1, 0.15) is 66.1 Å². The summed E-state index contributed by atoms with van der Waals surface area (Å²) in [7, 11) is 0.